The zero-order valence-electron chi connectivity index (χ0n) is 15.2. The molecule has 0 bridgehead atoms. The van der Waals surface area contributed by atoms with E-state index in [0.717, 1.165) is 4.88 Å². The van der Waals surface area contributed by atoms with Crippen molar-refractivity contribution in [1.29, 1.82) is 0 Å². The van der Waals surface area contributed by atoms with Crippen molar-refractivity contribution in [2.45, 2.75) is 18.4 Å². The first kappa shape index (κ1) is 20.8. The van der Waals surface area contributed by atoms with E-state index >= 15 is 0 Å². The zero-order chi connectivity index (χ0) is 20.3. The monoisotopic (exact) mass is 441 g/mol. The molecule has 0 spiro atoms. The van der Waals surface area contributed by atoms with Gasteiger partial charge < -0.3 is 10.2 Å². The fraction of sp³-hybridized carbons (Fsp3) is 0.333. The van der Waals surface area contributed by atoms with E-state index in [1.165, 1.54) is 34.7 Å². The Morgan fingerprint density at radius 2 is 1.86 bits per heavy atom. The van der Waals surface area contributed by atoms with E-state index < -0.39 is 10.0 Å². The molecule has 28 heavy (non-hydrogen) atoms. The van der Waals surface area contributed by atoms with E-state index in [9.17, 15) is 18.0 Å². The Morgan fingerprint density at radius 1 is 1.14 bits per heavy atom. The minimum atomic E-state index is -3.64. The summed E-state index contributed by atoms with van der Waals surface area (Å²) in [5.41, 5.74) is 0. The molecule has 7 nitrogen and oxygen atoms in total. The van der Waals surface area contributed by atoms with Crippen molar-refractivity contribution in [2.75, 3.05) is 26.2 Å². The number of carbonyl (C=O) groups is 2. The van der Waals surface area contributed by atoms with Crippen molar-refractivity contribution < 1.29 is 18.0 Å². The van der Waals surface area contributed by atoms with Crippen LogP contribution in [0.2, 0.25) is 5.02 Å². The summed E-state index contributed by atoms with van der Waals surface area (Å²) >= 11 is 7.24. The molecule has 10 heteroatoms. The maximum atomic E-state index is 12.7. The summed E-state index contributed by atoms with van der Waals surface area (Å²) in [6.45, 7) is 2.92. The van der Waals surface area contributed by atoms with Crippen molar-refractivity contribution >= 4 is 44.8 Å². The molecule has 1 aromatic heterocycles. The molecule has 0 unspecified atom stereocenters. The first-order valence-electron chi connectivity index (χ1n) is 8.65. The number of nitrogens with zero attached hydrogens (tertiary/aromatic N) is 2. The second-order valence-electron chi connectivity index (χ2n) is 6.33. The highest BCUT2D eigenvalue weighted by atomic mass is 35.5. The zero-order valence-corrected chi connectivity index (χ0v) is 17.6. The Hall–Kier alpha value is -1.94. The largest absolute Gasteiger partial charge is 0.351 e. The second-order valence-corrected chi connectivity index (χ2v) is 9.87. The molecular weight excluding hydrogens is 422 g/mol. The van der Waals surface area contributed by atoms with E-state index in [-0.39, 0.29) is 29.8 Å². The van der Waals surface area contributed by atoms with E-state index in [4.69, 9.17) is 11.6 Å². The van der Waals surface area contributed by atoms with Crippen LogP contribution in [-0.4, -0.2) is 55.6 Å². The summed E-state index contributed by atoms with van der Waals surface area (Å²) in [6, 6.07) is 9.72. The van der Waals surface area contributed by atoms with Crippen LogP contribution in [0.5, 0.6) is 0 Å². The number of rotatable bonds is 5. The maximum absolute atomic E-state index is 12.7. The molecule has 0 aliphatic carbocycles. The van der Waals surface area contributed by atoms with Gasteiger partial charge in [0.2, 0.25) is 15.9 Å². The third-order valence-corrected chi connectivity index (χ3v) is 7.55. The molecule has 0 atom stereocenters. The van der Waals surface area contributed by atoms with E-state index in [2.05, 4.69) is 5.32 Å². The molecule has 2 aromatic rings. The SMILES string of the molecule is CC(=O)NCc1ccc(C(=O)N2CCN(S(=O)(=O)c3cccc(Cl)c3)CC2)s1. The predicted molar refractivity (Wildman–Crippen MR) is 108 cm³/mol. The number of piperazine rings is 1. The summed E-state index contributed by atoms with van der Waals surface area (Å²) in [7, 11) is -3.64. The quantitative estimate of drug-likeness (QED) is 0.770. The lowest BCUT2D eigenvalue weighted by Gasteiger charge is -2.33. The average molecular weight is 442 g/mol. The van der Waals surface area contributed by atoms with Crippen LogP contribution >= 0.6 is 22.9 Å². The van der Waals surface area contributed by atoms with E-state index in [0.29, 0.717) is 29.5 Å². The first-order chi connectivity index (χ1) is 13.3. The molecule has 3 rings (SSSR count). The van der Waals surface area contributed by atoms with Gasteiger partial charge in [-0.05, 0) is 30.3 Å². The number of hydrogen-bond acceptors (Lipinski definition) is 5. The van der Waals surface area contributed by atoms with Crippen LogP contribution in [0.25, 0.3) is 0 Å². The average Bonchev–Trinajstić information content (AvgIpc) is 3.15. The highest BCUT2D eigenvalue weighted by Crippen LogP contribution is 2.23. The molecule has 2 amide bonds. The lowest BCUT2D eigenvalue weighted by Crippen LogP contribution is -2.50. The Morgan fingerprint density at radius 3 is 2.50 bits per heavy atom. The fourth-order valence-electron chi connectivity index (χ4n) is 2.86. The highest BCUT2D eigenvalue weighted by molar-refractivity contribution is 7.89. The Labute approximate surface area is 172 Å². The lowest BCUT2D eigenvalue weighted by atomic mass is 10.3. The van der Waals surface area contributed by atoms with Crippen molar-refractivity contribution in [3.63, 3.8) is 0 Å². The third kappa shape index (κ3) is 4.72. The third-order valence-electron chi connectivity index (χ3n) is 4.34. The summed E-state index contributed by atoms with van der Waals surface area (Å²) in [5.74, 6) is -0.253. The minimum Gasteiger partial charge on any atom is -0.351 e. The van der Waals surface area contributed by atoms with Crippen LogP contribution in [0, 0.1) is 0 Å². The van der Waals surface area contributed by atoms with Gasteiger partial charge in [0.15, 0.2) is 0 Å². The Kier molecular flexibility index (Phi) is 6.39. The number of thiophene rings is 1. The Bertz CT molecular complexity index is 982. The molecule has 1 fully saturated rings. The van der Waals surface area contributed by atoms with Gasteiger partial charge in [-0.3, -0.25) is 9.59 Å². The van der Waals surface area contributed by atoms with Crippen LogP contribution < -0.4 is 5.32 Å². The van der Waals surface area contributed by atoms with Gasteiger partial charge in [-0.25, -0.2) is 8.42 Å². The topological polar surface area (TPSA) is 86.8 Å². The van der Waals surface area contributed by atoms with Crippen LogP contribution in [0.4, 0.5) is 0 Å². The number of amides is 2. The predicted octanol–water partition coefficient (Wildman–Crippen LogP) is 2.18. The molecule has 0 radical (unpaired) electrons. The van der Waals surface area contributed by atoms with Crippen LogP contribution in [0.3, 0.4) is 0 Å². The maximum Gasteiger partial charge on any atom is 0.264 e. The smallest absolute Gasteiger partial charge is 0.264 e. The van der Waals surface area contributed by atoms with Gasteiger partial charge >= 0.3 is 0 Å². The summed E-state index contributed by atoms with van der Waals surface area (Å²) in [6.07, 6.45) is 0. The number of nitrogens with one attached hydrogen (secondary N) is 1. The molecule has 0 saturated carbocycles. The van der Waals surface area contributed by atoms with Crippen LogP contribution in [-0.2, 0) is 21.4 Å². The molecular formula is C18H20ClN3O4S2. The number of halogens is 1. The van der Waals surface area contributed by atoms with Gasteiger partial charge in [0, 0.05) is 43.0 Å². The van der Waals surface area contributed by atoms with E-state index in [1.54, 1.807) is 23.1 Å². The number of carbonyl (C=O) groups excluding carboxylic acids is 2. The lowest BCUT2D eigenvalue weighted by molar-refractivity contribution is -0.119. The minimum absolute atomic E-state index is 0.126. The summed E-state index contributed by atoms with van der Waals surface area (Å²) in [4.78, 5) is 27.0. The van der Waals surface area contributed by atoms with Crippen molar-refractivity contribution in [3.05, 3.63) is 51.2 Å². The van der Waals surface area contributed by atoms with Gasteiger partial charge in [0.25, 0.3) is 5.91 Å². The molecule has 2 heterocycles. The van der Waals surface area contributed by atoms with E-state index in [1.807, 2.05) is 6.07 Å². The Balaban J connectivity index is 1.62. The van der Waals surface area contributed by atoms with Gasteiger partial charge in [0.1, 0.15) is 0 Å². The molecule has 1 aromatic carbocycles. The number of benzene rings is 1. The second kappa shape index (κ2) is 8.60. The highest BCUT2D eigenvalue weighted by Gasteiger charge is 2.30. The number of hydrogen-bond donors (Lipinski definition) is 1. The molecule has 1 N–H and O–H groups in total. The van der Waals surface area contributed by atoms with Gasteiger partial charge in [-0.1, -0.05) is 17.7 Å². The van der Waals surface area contributed by atoms with Gasteiger partial charge in [-0.15, -0.1) is 11.3 Å². The molecule has 1 aliphatic rings. The molecule has 1 saturated heterocycles. The standard InChI is InChI=1S/C18H20ClN3O4S2/c1-13(23)20-12-15-5-6-17(27-15)18(24)21-7-9-22(10-8-21)28(25,26)16-4-2-3-14(19)11-16/h2-6,11H,7-10,12H2,1H3,(H,20,23). The van der Waals surface area contributed by atoms with Crippen molar-refractivity contribution in [2.24, 2.45) is 0 Å². The summed E-state index contributed by atoms with van der Waals surface area (Å²) < 4.78 is 26.9. The summed E-state index contributed by atoms with van der Waals surface area (Å²) in [5, 5.41) is 3.06. The van der Waals surface area contributed by atoms with Crippen molar-refractivity contribution in [3.8, 4) is 0 Å². The molecule has 150 valence electrons. The normalized spacial score (nSPS) is 15.4. The molecule has 1 aliphatic heterocycles. The van der Waals surface area contributed by atoms with Crippen molar-refractivity contribution in [1.82, 2.24) is 14.5 Å². The van der Waals surface area contributed by atoms with Gasteiger partial charge in [-0.2, -0.15) is 4.31 Å². The van der Waals surface area contributed by atoms with Crippen LogP contribution in [0.15, 0.2) is 41.3 Å². The first-order valence-corrected chi connectivity index (χ1v) is 11.3. The number of sulfonamides is 1. The fourth-order valence-corrected chi connectivity index (χ4v) is 5.50. The van der Waals surface area contributed by atoms with Gasteiger partial charge in [0.05, 0.1) is 16.3 Å². The van der Waals surface area contributed by atoms with Crippen LogP contribution in [0.1, 0.15) is 21.5 Å².